The zero-order valence-electron chi connectivity index (χ0n) is 15.9. The molecule has 1 saturated heterocycles. The number of morpholine rings is 1. The molecule has 0 spiro atoms. The number of hydrazone groups is 1. The van der Waals surface area contributed by atoms with E-state index in [1.54, 1.807) is 12.1 Å². The average Bonchev–Trinajstić information content (AvgIpc) is 2.73. The predicted octanol–water partition coefficient (Wildman–Crippen LogP) is 2.17. The molecular formula is C20H23N3O4S. The Bertz CT molecular complexity index is 996. The van der Waals surface area contributed by atoms with Gasteiger partial charge in [0.2, 0.25) is 10.0 Å². The summed E-state index contributed by atoms with van der Waals surface area (Å²) < 4.78 is 32.1. The van der Waals surface area contributed by atoms with Crippen molar-refractivity contribution in [2.75, 3.05) is 26.3 Å². The number of ether oxygens (including phenoxy) is 1. The number of aryl methyl sites for hydroxylation is 1. The molecule has 8 heteroatoms. The molecular weight excluding hydrogens is 378 g/mol. The Morgan fingerprint density at radius 2 is 1.82 bits per heavy atom. The van der Waals surface area contributed by atoms with Gasteiger partial charge in [-0.15, -0.1) is 0 Å². The molecule has 0 aromatic heterocycles. The van der Waals surface area contributed by atoms with Crippen molar-refractivity contribution in [2.45, 2.75) is 18.7 Å². The van der Waals surface area contributed by atoms with E-state index in [9.17, 15) is 13.2 Å². The van der Waals surface area contributed by atoms with E-state index in [1.165, 1.54) is 16.4 Å². The summed E-state index contributed by atoms with van der Waals surface area (Å²) in [5.74, 6) is -0.466. The van der Waals surface area contributed by atoms with Crippen LogP contribution in [0.25, 0.3) is 0 Å². The molecule has 1 N–H and O–H groups in total. The second kappa shape index (κ2) is 8.64. The van der Waals surface area contributed by atoms with Gasteiger partial charge < -0.3 is 4.74 Å². The Labute approximate surface area is 165 Å². The second-order valence-electron chi connectivity index (χ2n) is 6.50. The topological polar surface area (TPSA) is 88.1 Å². The van der Waals surface area contributed by atoms with Gasteiger partial charge in [-0.3, -0.25) is 4.79 Å². The van der Waals surface area contributed by atoms with Gasteiger partial charge in [-0.05, 0) is 37.6 Å². The van der Waals surface area contributed by atoms with Crippen molar-refractivity contribution >= 4 is 21.6 Å². The molecule has 0 aliphatic carbocycles. The van der Waals surface area contributed by atoms with E-state index in [0.29, 0.717) is 32.0 Å². The van der Waals surface area contributed by atoms with Crippen LogP contribution in [-0.2, 0) is 14.8 Å². The minimum absolute atomic E-state index is 0.0849. The Balaban J connectivity index is 1.77. The van der Waals surface area contributed by atoms with Crippen molar-refractivity contribution in [1.82, 2.24) is 9.73 Å². The summed E-state index contributed by atoms with van der Waals surface area (Å²) in [5, 5.41) is 4.15. The third-order valence-corrected chi connectivity index (χ3v) is 6.46. The zero-order valence-corrected chi connectivity index (χ0v) is 16.7. The van der Waals surface area contributed by atoms with Crippen LogP contribution in [0, 0.1) is 6.92 Å². The molecule has 148 valence electrons. The number of hydrogen-bond donors (Lipinski definition) is 1. The molecule has 1 aliphatic rings. The van der Waals surface area contributed by atoms with Crippen molar-refractivity contribution in [2.24, 2.45) is 5.10 Å². The molecule has 0 saturated carbocycles. The normalized spacial score (nSPS) is 16.0. The van der Waals surface area contributed by atoms with Crippen molar-refractivity contribution in [3.63, 3.8) is 0 Å². The maximum Gasteiger partial charge on any atom is 0.271 e. The van der Waals surface area contributed by atoms with Gasteiger partial charge in [0.25, 0.3) is 5.91 Å². The number of benzene rings is 2. The van der Waals surface area contributed by atoms with Crippen LogP contribution in [0.3, 0.4) is 0 Å². The highest BCUT2D eigenvalue weighted by atomic mass is 32.2. The third-order valence-electron chi connectivity index (χ3n) is 4.56. The SMILES string of the molecule is C/C(=N/NC(=O)c1cccc(S(=O)(=O)N2CCOCC2)c1)c1ccccc1C. The highest BCUT2D eigenvalue weighted by Gasteiger charge is 2.26. The highest BCUT2D eigenvalue weighted by Crippen LogP contribution is 2.18. The van der Waals surface area contributed by atoms with Crippen molar-refractivity contribution in [3.8, 4) is 0 Å². The monoisotopic (exact) mass is 401 g/mol. The first-order chi connectivity index (χ1) is 13.4. The van der Waals surface area contributed by atoms with Gasteiger partial charge in [0, 0.05) is 24.2 Å². The molecule has 2 aromatic rings. The summed E-state index contributed by atoms with van der Waals surface area (Å²) in [5.41, 5.74) is 5.39. The first-order valence-electron chi connectivity index (χ1n) is 8.98. The maximum absolute atomic E-state index is 12.8. The molecule has 1 fully saturated rings. The number of nitrogens with zero attached hydrogens (tertiary/aromatic N) is 2. The van der Waals surface area contributed by atoms with Gasteiger partial charge in [-0.1, -0.05) is 30.3 Å². The lowest BCUT2D eigenvalue weighted by molar-refractivity contribution is 0.0730. The summed E-state index contributed by atoms with van der Waals surface area (Å²) in [4.78, 5) is 12.6. The lowest BCUT2D eigenvalue weighted by Gasteiger charge is -2.26. The first kappa shape index (κ1) is 20.2. The lowest BCUT2D eigenvalue weighted by Crippen LogP contribution is -2.40. The van der Waals surface area contributed by atoms with Gasteiger partial charge in [0.1, 0.15) is 0 Å². The Kier molecular flexibility index (Phi) is 6.23. The largest absolute Gasteiger partial charge is 0.379 e. The minimum atomic E-state index is -3.66. The Hall–Kier alpha value is -2.55. The van der Waals surface area contributed by atoms with Gasteiger partial charge in [0.15, 0.2) is 0 Å². The third kappa shape index (κ3) is 4.46. The van der Waals surface area contributed by atoms with E-state index in [0.717, 1.165) is 11.1 Å². The molecule has 3 rings (SSSR count). The fourth-order valence-corrected chi connectivity index (χ4v) is 4.43. The summed E-state index contributed by atoms with van der Waals surface area (Å²) in [7, 11) is -3.66. The van der Waals surface area contributed by atoms with E-state index in [1.807, 2.05) is 38.1 Å². The molecule has 2 aromatic carbocycles. The molecule has 28 heavy (non-hydrogen) atoms. The van der Waals surface area contributed by atoms with E-state index in [-0.39, 0.29) is 10.5 Å². The van der Waals surface area contributed by atoms with Gasteiger partial charge in [0.05, 0.1) is 23.8 Å². The number of carbonyl (C=O) groups excluding carboxylic acids is 1. The predicted molar refractivity (Wildman–Crippen MR) is 107 cm³/mol. The van der Waals surface area contributed by atoms with Crippen molar-refractivity contribution < 1.29 is 17.9 Å². The van der Waals surface area contributed by atoms with E-state index >= 15 is 0 Å². The second-order valence-corrected chi connectivity index (χ2v) is 8.44. The molecule has 7 nitrogen and oxygen atoms in total. The van der Waals surface area contributed by atoms with Crippen LogP contribution >= 0.6 is 0 Å². The van der Waals surface area contributed by atoms with E-state index < -0.39 is 15.9 Å². The smallest absolute Gasteiger partial charge is 0.271 e. The fourth-order valence-electron chi connectivity index (χ4n) is 2.97. The summed E-state index contributed by atoms with van der Waals surface area (Å²) in [6.45, 7) is 5.12. The van der Waals surface area contributed by atoms with Crippen LogP contribution in [0.5, 0.6) is 0 Å². The van der Waals surface area contributed by atoms with Crippen molar-refractivity contribution in [1.29, 1.82) is 0 Å². The molecule has 0 unspecified atom stereocenters. The molecule has 0 radical (unpaired) electrons. The number of sulfonamides is 1. The minimum Gasteiger partial charge on any atom is -0.379 e. The van der Waals surface area contributed by atoms with Gasteiger partial charge in [-0.2, -0.15) is 9.41 Å². The quantitative estimate of drug-likeness (QED) is 0.614. The highest BCUT2D eigenvalue weighted by molar-refractivity contribution is 7.89. The summed E-state index contributed by atoms with van der Waals surface area (Å²) in [6, 6.07) is 13.7. The number of hydrogen-bond acceptors (Lipinski definition) is 5. The van der Waals surface area contributed by atoms with E-state index in [4.69, 9.17) is 4.74 Å². The van der Waals surface area contributed by atoms with E-state index in [2.05, 4.69) is 10.5 Å². The average molecular weight is 401 g/mol. The molecule has 1 aliphatic heterocycles. The van der Waals surface area contributed by atoms with Crippen LogP contribution in [0.15, 0.2) is 58.5 Å². The van der Waals surface area contributed by atoms with Crippen LogP contribution in [0.1, 0.15) is 28.4 Å². The zero-order chi connectivity index (χ0) is 20.1. The Morgan fingerprint density at radius 1 is 1.11 bits per heavy atom. The molecule has 1 heterocycles. The molecule has 0 bridgehead atoms. The summed E-state index contributed by atoms with van der Waals surface area (Å²) in [6.07, 6.45) is 0. The van der Waals surface area contributed by atoms with Crippen molar-refractivity contribution in [3.05, 3.63) is 65.2 Å². The summed E-state index contributed by atoms with van der Waals surface area (Å²) >= 11 is 0. The number of rotatable bonds is 5. The van der Waals surface area contributed by atoms with Crippen LogP contribution in [0.4, 0.5) is 0 Å². The molecule has 1 amide bonds. The van der Waals surface area contributed by atoms with Gasteiger partial charge in [-0.25, -0.2) is 13.8 Å². The fraction of sp³-hybridized carbons (Fsp3) is 0.300. The first-order valence-corrected chi connectivity index (χ1v) is 10.4. The maximum atomic E-state index is 12.8. The number of nitrogens with one attached hydrogen (secondary N) is 1. The number of carbonyl (C=O) groups is 1. The standard InChI is InChI=1S/C20H23N3O4S/c1-15-6-3-4-9-19(15)16(2)21-22-20(24)17-7-5-8-18(14-17)28(25,26)23-10-12-27-13-11-23/h3-9,14H,10-13H2,1-2H3,(H,22,24)/b21-16-. The number of amides is 1. The van der Waals surface area contributed by atoms with Crippen LogP contribution < -0.4 is 5.43 Å². The van der Waals surface area contributed by atoms with Gasteiger partial charge >= 0.3 is 0 Å². The lowest BCUT2D eigenvalue weighted by atomic mass is 10.1. The Morgan fingerprint density at radius 3 is 2.54 bits per heavy atom. The van der Waals surface area contributed by atoms with Crippen LogP contribution in [-0.4, -0.2) is 50.6 Å². The molecule has 0 atom stereocenters. The van der Waals surface area contributed by atoms with Crippen LogP contribution in [0.2, 0.25) is 0 Å².